The molecule has 0 spiro atoms. The molecule has 0 unspecified atom stereocenters. The number of sulfone groups is 1. The smallest absolute Gasteiger partial charge is 0.209 e. The first-order valence-electron chi connectivity index (χ1n) is 6.97. The molecule has 0 radical (unpaired) electrons. The van der Waals surface area contributed by atoms with Crippen LogP contribution in [0.5, 0.6) is 0 Å². The molecule has 4 rings (SSSR count). The van der Waals surface area contributed by atoms with E-state index < -0.39 is 9.84 Å². The largest absolute Gasteiger partial charge is 0.354 e. The minimum atomic E-state index is -3.57. The third-order valence-corrected chi connectivity index (χ3v) is 5.71. The second-order valence-electron chi connectivity index (χ2n) is 5.17. The average Bonchev–Trinajstić information content (AvgIpc) is 2.55. The van der Waals surface area contributed by atoms with E-state index in [9.17, 15) is 8.42 Å². The van der Waals surface area contributed by atoms with Gasteiger partial charge in [0, 0.05) is 16.8 Å². The van der Waals surface area contributed by atoms with Crippen molar-refractivity contribution in [3.05, 3.63) is 72.8 Å². The molecule has 0 aliphatic carbocycles. The molecule has 0 saturated carbocycles. The highest BCUT2D eigenvalue weighted by Crippen LogP contribution is 2.41. The molecule has 108 valence electrons. The van der Waals surface area contributed by atoms with Gasteiger partial charge in [-0.05, 0) is 24.3 Å². The summed E-state index contributed by atoms with van der Waals surface area (Å²) in [5, 5.41) is 3.26. The normalized spacial score (nSPS) is 14.5. The Morgan fingerprint density at radius 1 is 0.591 bits per heavy atom. The molecule has 1 aliphatic rings. The van der Waals surface area contributed by atoms with Crippen LogP contribution in [0.15, 0.2) is 82.6 Å². The maximum Gasteiger partial charge on any atom is 0.209 e. The number of para-hydroxylation sites is 2. The fraction of sp³-hybridized carbons (Fsp3) is 0. The highest BCUT2D eigenvalue weighted by atomic mass is 32.2. The van der Waals surface area contributed by atoms with Crippen LogP contribution in [-0.2, 0) is 9.84 Å². The van der Waals surface area contributed by atoms with Crippen molar-refractivity contribution in [2.75, 3.05) is 5.32 Å². The van der Waals surface area contributed by atoms with Crippen LogP contribution in [0.4, 0.5) is 11.4 Å². The monoisotopic (exact) mass is 307 g/mol. The maximum absolute atomic E-state index is 13.0. The predicted octanol–water partition coefficient (Wildman–Crippen LogP) is 4.24. The van der Waals surface area contributed by atoms with E-state index in [1.54, 1.807) is 30.3 Å². The molecule has 3 aromatic carbocycles. The minimum Gasteiger partial charge on any atom is -0.354 e. The summed E-state index contributed by atoms with van der Waals surface area (Å²) in [5.74, 6) is 0. The number of benzene rings is 3. The lowest BCUT2D eigenvalue weighted by atomic mass is 10.0. The Balaban J connectivity index is 2.17. The van der Waals surface area contributed by atoms with E-state index in [4.69, 9.17) is 0 Å². The molecule has 0 fully saturated rings. The quantitative estimate of drug-likeness (QED) is 0.528. The average molecular weight is 307 g/mol. The third-order valence-electron chi connectivity index (χ3n) is 3.84. The Morgan fingerprint density at radius 2 is 1.14 bits per heavy atom. The summed E-state index contributed by atoms with van der Waals surface area (Å²) in [7, 11) is -3.57. The van der Waals surface area contributed by atoms with E-state index in [2.05, 4.69) is 5.32 Å². The zero-order valence-electron chi connectivity index (χ0n) is 11.7. The van der Waals surface area contributed by atoms with Crippen LogP contribution in [-0.4, -0.2) is 8.42 Å². The first-order chi connectivity index (χ1) is 10.7. The molecule has 0 saturated heterocycles. The van der Waals surface area contributed by atoms with Gasteiger partial charge in [0.15, 0.2) is 0 Å². The van der Waals surface area contributed by atoms with Crippen molar-refractivity contribution in [3.8, 4) is 11.1 Å². The Morgan fingerprint density at radius 3 is 1.91 bits per heavy atom. The van der Waals surface area contributed by atoms with Crippen LogP contribution in [0.3, 0.4) is 0 Å². The molecule has 3 aromatic rings. The Labute approximate surface area is 129 Å². The molecule has 3 nitrogen and oxygen atoms in total. The molecule has 0 amide bonds. The molecule has 22 heavy (non-hydrogen) atoms. The van der Waals surface area contributed by atoms with Gasteiger partial charge < -0.3 is 5.32 Å². The summed E-state index contributed by atoms with van der Waals surface area (Å²) in [4.78, 5) is 0.647. The van der Waals surface area contributed by atoms with Gasteiger partial charge in [0.2, 0.25) is 9.84 Å². The fourth-order valence-corrected chi connectivity index (χ4v) is 4.45. The summed E-state index contributed by atoms with van der Waals surface area (Å²) in [5.41, 5.74) is 3.11. The molecule has 1 heterocycles. The lowest BCUT2D eigenvalue weighted by Gasteiger charge is -2.21. The van der Waals surface area contributed by atoms with Gasteiger partial charge in [0.05, 0.1) is 15.5 Å². The highest BCUT2D eigenvalue weighted by molar-refractivity contribution is 7.91. The Kier molecular flexibility index (Phi) is 2.81. The fourth-order valence-electron chi connectivity index (χ4n) is 2.82. The summed E-state index contributed by atoms with van der Waals surface area (Å²) < 4.78 is 26.1. The summed E-state index contributed by atoms with van der Waals surface area (Å²) in [6, 6.07) is 21.9. The zero-order chi connectivity index (χ0) is 15.2. The van der Waals surface area contributed by atoms with Crippen molar-refractivity contribution in [1.29, 1.82) is 0 Å². The van der Waals surface area contributed by atoms with Crippen molar-refractivity contribution in [2.24, 2.45) is 0 Å². The minimum absolute atomic E-state index is 0.303. The Bertz CT molecular complexity index is 978. The van der Waals surface area contributed by atoms with Crippen LogP contribution < -0.4 is 5.32 Å². The van der Waals surface area contributed by atoms with Gasteiger partial charge in [0.25, 0.3) is 0 Å². The van der Waals surface area contributed by atoms with Crippen LogP contribution in [0.25, 0.3) is 11.1 Å². The zero-order valence-corrected chi connectivity index (χ0v) is 12.5. The number of hydrogen-bond acceptors (Lipinski definition) is 3. The molecule has 1 N–H and O–H groups in total. The second kappa shape index (κ2) is 4.71. The first-order valence-corrected chi connectivity index (χ1v) is 8.46. The number of fused-ring (bicyclic) bond motifs is 4. The lowest BCUT2D eigenvalue weighted by Crippen LogP contribution is -2.10. The standard InChI is InChI=1S/C18H13NO2S/c20-22(21)17-11-5-2-8-14(17)13-7-1-3-9-15(13)19-16-10-4-6-12-18(16)22/h1-12,19H. The highest BCUT2D eigenvalue weighted by Gasteiger charge is 2.27. The van der Waals surface area contributed by atoms with Crippen molar-refractivity contribution in [1.82, 2.24) is 0 Å². The molecule has 0 atom stereocenters. The van der Waals surface area contributed by atoms with Crippen molar-refractivity contribution in [3.63, 3.8) is 0 Å². The van der Waals surface area contributed by atoms with Gasteiger partial charge in [-0.3, -0.25) is 0 Å². The maximum atomic E-state index is 13.0. The predicted molar refractivity (Wildman–Crippen MR) is 87.1 cm³/mol. The van der Waals surface area contributed by atoms with Crippen LogP contribution in [0.2, 0.25) is 0 Å². The van der Waals surface area contributed by atoms with Gasteiger partial charge in [0.1, 0.15) is 0 Å². The molecule has 1 aliphatic heterocycles. The number of rotatable bonds is 0. The number of anilines is 2. The van der Waals surface area contributed by atoms with Crippen LogP contribution in [0.1, 0.15) is 0 Å². The van der Waals surface area contributed by atoms with E-state index in [-0.39, 0.29) is 0 Å². The van der Waals surface area contributed by atoms with Gasteiger partial charge in [-0.1, -0.05) is 48.5 Å². The molecular formula is C18H13NO2S. The van der Waals surface area contributed by atoms with E-state index >= 15 is 0 Å². The van der Waals surface area contributed by atoms with Crippen LogP contribution >= 0.6 is 0 Å². The van der Waals surface area contributed by atoms with Gasteiger partial charge in [-0.15, -0.1) is 0 Å². The number of nitrogens with one attached hydrogen (secondary N) is 1. The topological polar surface area (TPSA) is 46.2 Å². The van der Waals surface area contributed by atoms with E-state index in [1.165, 1.54) is 0 Å². The lowest BCUT2D eigenvalue weighted by molar-refractivity contribution is 0.596. The molecule has 4 heteroatoms. The molecular weight excluding hydrogens is 294 g/mol. The second-order valence-corrected chi connectivity index (χ2v) is 7.05. The molecule has 0 aromatic heterocycles. The van der Waals surface area contributed by atoms with Crippen LogP contribution in [0, 0.1) is 0 Å². The summed E-state index contributed by atoms with van der Waals surface area (Å²) >= 11 is 0. The summed E-state index contributed by atoms with van der Waals surface area (Å²) in [6.07, 6.45) is 0. The van der Waals surface area contributed by atoms with Gasteiger partial charge >= 0.3 is 0 Å². The van der Waals surface area contributed by atoms with Crippen molar-refractivity contribution >= 4 is 21.2 Å². The van der Waals surface area contributed by atoms with Gasteiger partial charge in [-0.25, -0.2) is 8.42 Å². The Hall–Kier alpha value is -2.59. The van der Waals surface area contributed by atoms with E-state index in [0.29, 0.717) is 15.5 Å². The van der Waals surface area contributed by atoms with Gasteiger partial charge in [-0.2, -0.15) is 0 Å². The van der Waals surface area contributed by atoms with E-state index in [0.717, 1.165) is 16.8 Å². The molecule has 0 bridgehead atoms. The third kappa shape index (κ3) is 1.84. The SMILES string of the molecule is O=S1(=O)c2ccccc2Nc2ccccc2-c2ccccc21. The van der Waals surface area contributed by atoms with E-state index in [1.807, 2.05) is 42.5 Å². The first kappa shape index (κ1) is 13.1. The number of hydrogen-bond donors (Lipinski definition) is 1. The van der Waals surface area contributed by atoms with Crippen molar-refractivity contribution < 1.29 is 8.42 Å². The van der Waals surface area contributed by atoms with Crippen molar-refractivity contribution in [2.45, 2.75) is 9.79 Å². The summed E-state index contributed by atoms with van der Waals surface area (Å²) in [6.45, 7) is 0.